The molecule has 4 rings (SSSR count). The van der Waals surface area contributed by atoms with Gasteiger partial charge in [-0.3, -0.25) is 4.98 Å². The van der Waals surface area contributed by atoms with Crippen LogP contribution in [0.2, 0.25) is 0 Å². The summed E-state index contributed by atoms with van der Waals surface area (Å²) in [5, 5.41) is 6.50. The highest BCUT2D eigenvalue weighted by molar-refractivity contribution is 5.90. The van der Waals surface area contributed by atoms with Crippen LogP contribution >= 0.6 is 0 Å². The molecule has 0 saturated carbocycles. The second-order valence-corrected chi connectivity index (χ2v) is 6.99. The first-order valence-corrected chi connectivity index (χ1v) is 9.21. The third kappa shape index (κ3) is 3.80. The zero-order chi connectivity index (χ0) is 20.4. The molecule has 0 bridgehead atoms. The number of halogens is 2. The monoisotopic (exact) mass is 399 g/mol. The first-order valence-electron chi connectivity index (χ1n) is 9.21. The van der Waals surface area contributed by atoms with E-state index in [0.717, 1.165) is 0 Å². The molecule has 0 spiro atoms. The molecule has 150 valence electrons. The van der Waals surface area contributed by atoms with Crippen molar-refractivity contribution in [2.75, 3.05) is 18.4 Å². The van der Waals surface area contributed by atoms with Crippen molar-refractivity contribution in [3.05, 3.63) is 60.0 Å². The largest absolute Gasteiger partial charge is 0.335 e. The molecule has 1 saturated heterocycles. The van der Waals surface area contributed by atoms with E-state index < -0.39 is 17.5 Å². The Morgan fingerprint density at radius 2 is 2.07 bits per heavy atom. The van der Waals surface area contributed by atoms with Gasteiger partial charge in [0.25, 0.3) is 5.89 Å². The van der Waals surface area contributed by atoms with Crippen LogP contribution in [0.5, 0.6) is 0 Å². The number of rotatable bonds is 3. The van der Waals surface area contributed by atoms with Gasteiger partial charge in [-0.1, -0.05) is 11.2 Å². The number of aromatic nitrogens is 3. The van der Waals surface area contributed by atoms with Crippen LogP contribution in [-0.4, -0.2) is 39.1 Å². The standard InChI is InChI=1S/C20H19F2N5O2/c1-13-15(21)4-2-5-16(13)24-19(28)27-11-3-8-20(22,12-27)18-25-17(26-29-18)14-6-9-23-10-7-14/h2,4-7,9-10H,3,8,11-12H2,1H3,(H,24,28). The van der Waals surface area contributed by atoms with Crippen molar-refractivity contribution in [2.24, 2.45) is 0 Å². The van der Waals surface area contributed by atoms with Crippen LogP contribution in [-0.2, 0) is 5.67 Å². The third-order valence-electron chi connectivity index (χ3n) is 4.99. The third-order valence-corrected chi connectivity index (χ3v) is 4.99. The summed E-state index contributed by atoms with van der Waals surface area (Å²) in [6.45, 7) is 1.71. The molecule has 9 heteroatoms. The average Bonchev–Trinajstić information content (AvgIpc) is 3.23. The predicted molar refractivity (Wildman–Crippen MR) is 101 cm³/mol. The van der Waals surface area contributed by atoms with Crippen LogP contribution in [0.25, 0.3) is 11.4 Å². The van der Waals surface area contributed by atoms with Gasteiger partial charge in [0, 0.05) is 35.8 Å². The summed E-state index contributed by atoms with van der Waals surface area (Å²) in [5.74, 6) is -0.323. The molecule has 3 heterocycles. The molecule has 1 N–H and O–H groups in total. The maximum atomic E-state index is 15.6. The SMILES string of the molecule is Cc1c(F)cccc1NC(=O)N1CCCC(F)(c2nc(-c3ccncc3)no2)C1. The van der Waals surface area contributed by atoms with Crippen LogP contribution in [0.4, 0.5) is 19.3 Å². The van der Waals surface area contributed by atoms with Crippen LogP contribution in [0, 0.1) is 12.7 Å². The lowest BCUT2D eigenvalue weighted by molar-refractivity contribution is 0.0333. The molecule has 2 amide bonds. The Hall–Kier alpha value is -3.36. The number of benzene rings is 1. The van der Waals surface area contributed by atoms with Gasteiger partial charge in [0.05, 0.1) is 6.54 Å². The van der Waals surface area contributed by atoms with Crippen molar-refractivity contribution < 1.29 is 18.1 Å². The summed E-state index contributed by atoms with van der Waals surface area (Å²) < 4.78 is 34.5. The van der Waals surface area contributed by atoms with E-state index in [9.17, 15) is 9.18 Å². The van der Waals surface area contributed by atoms with Crippen LogP contribution in [0.15, 0.2) is 47.2 Å². The zero-order valence-corrected chi connectivity index (χ0v) is 15.7. The van der Waals surface area contributed by atoms with Crippen molar-refractivity contribution in [1.29, 1.82) is 0 Å². The number of hydrogen-bond donors (Lipinski definition) is 1. The molecule has 1 fully saturated rings. The van der Waals surface area contributed by atoms with Crippen LogP contribution < -0.4 is 5.32 Å². The zero-order valence-electron chi connectivity index (χ0n) is 15.7. The highest BCUT2D eigenvalue weighted by Crippen LogP contribution is 2.35. The van der Waals surface area contributed by atoms with E-state index in [0.29, 0.717) is 29.8 Å². The van der Waals surface area contributed by atoms with Crippen molar-refractivity contribution in [1.82, 2.24) is 20.0 Å². The lowest BCUT2D eigenvalue weighted by atomic mass is 9.94. The molecule has 1 aliphatic heterocycles. The smallest absolute Gasteiger partial charge is 0.321 e. The fourth-order valence-electron chi connectivity index (χ4n) is 3.32. The average molecular weight is 399 g/mol. The summed E-state index contributed by atoms with van der Waals surface area (Å²) in [6.07, 6.45) is 3.75. The van der Waals surface area contributed by atoms with Gasteiger partial charge in [-0.15, -0.1) is 0 Å². The number of nitrogens with one attached hydrogen (secondary N) is 1. The minimum Gasteiger partial charge on any atom is -0.335 e. The molecule has 29 heavy (non-hydrogen) atoms. The second kappa shape index (κ2) is 7.57. The topological polar surface area (TPSA) is 84.2 Å². The van der Waals surface area contributed by atoms with Gasteiger partial charge >= 0.3 is 6.03 Å². The fraction of sp³-hybridized carbons (Fsp3) is 0.300. The summed E-state index contributed by atoms with van der Waals surface area (Å²) in [4.78, 5) is 22.1. The van der Waals surface area contributed by atoms with Crippen LogP contribution in [0.3, 0.4) is 0 Å². The Labute approximate surface area is 165 Å². The van der Waals surface area contributed by atoms with E-state index in [-0.39, 0.29) is 24.7 Å². The number of pyridine rings is 1. The number of carbonyl (C=O) groups excluding carboxylic acids is 1. The van der Waals surface area contributed by atoms with Crippen molar-refractivity contribution in [3.8, 4) is 11.4 Å². The van der Waals surface area contributed by atoms with Gasteiger partial charge in [-0.2, -0.15) is 4.98 Å². The van der Waals surface area contributed by atoms with Gasteiger partial charge in [-0.25, -0.2) is 13.6 Å². The van der Waals surface area contributed by atoms with E-state index in [1.807, 2.05) is 0 Å². The van der Waals surface area contributed by atoms with Gasteiger partial charge in [0.15, 0.2) is 0 Å². The molecular weight excluding hydrogens is 380 g/mol. The van der Waals surface area contributed by atoms with E-state index in [1.165, 1.54) is 17.0 Å². The van der Waals surface area contributed by atoms with Crippen molar-refractivity contribution in [2.45, 2.75) is 25.4 Å². The highest BCUT2D eigenvalue weighted by atomic mass is 19.1. The van der Waals surface area contributed by atoms with Gasteiger partial charge in [0.2, 0.25) is 11.5 Å². The summed E-state index contributed by atoms with van der Waals surface area (Å²) in [7, 11) is 0. The molecule has 0 aliphatic carbocycles. The Morgan fingerprint density at radius 3 is 2.86 bits per heavy atom. The molecule has 1 aliphatic rings. The molecule has 1 aromatic carbocycles. The Bertz CT molecular complexity index is 1030. The number of nitrogens with zero attached hydrogens (tertiary/aromatic N) is 4. The molecule has 0 radical (unpaired) electrons. The number of amides is 2. The molecular formula is C20H19F2N5O2. The lowest BCUT2D eigenvalue weighted by Crippen LogP contribution is -2.48. The number of anilines is 1. The predicted octanol–water partition coefficient (Wildman–Crippen LogP) is 4.07. The Balaban J connectivity index is 1.51. The normalized spacial score (nSPS) is 19.2. The number of hydrogen-bond acceptors (Lipinski definition) is 5. The Morgan fingerprint density at radius 1 is 1.28 bits per heavy atom. The quantitative estimate of drug-likeness (QED) is 0.718. The van der Waals surface area contributed by atoms with E-state index in [4.69, 9.17) is 4.52 Å². The van der Waals surface area contributed by atoms with Crippen molar-refractivity contribution >= 4 is 11.7 Å². The molecule has 1 unspecified atom stereocenters. The van der Waals surface area contributed by atoms with E-state index in [2.05, 4.69) is 20.4 Å². The summed E-state index contributed by atoms with van der Waals surface area (Å²) >= 11 is 0. The number of carbonyl (C=O) groups is 1. The molecule has 1 atom stereocenters. The van der Waals surface area contributed by atoms with Gasteiger partial charge < -0.3 is 14.7 Å². The highest BCUT2D eigenvalue weighted by Gasteiger charge is 2.44. The molecule has 2 aromatic heterocycles. The minimum absolute atomic E-state index is 0.160. The lowest BCUT2D eigenvalue weighted by Gasteiger charge is -2.35. The van der Waals surface area contributed by atoms with E-state index in [1.54, 1.807) is 37.5 Å². The molecule has 7 nitrogen and oxygen atoms in total. The fourth-order valence-corrected chi connectivity index (χ4v) is 3.32. The number of urea groups is 1. The minimum atomic E-state index is -1.95. The summed E-state index contributed by atoms with van der Waals surface area (Å²) in [5.41, 5.74) is -0.623. The number of likely N-dealkylation sites (tertiary alicyclic amines) is 1. The maximum Gasteiger partial charge on any atom is 0.321 e. The van der Waals surface area contributed by atoms with Crippen molar-refractivity contribution in [3.63, 3.8) is 0 Å². The number of alkyl halides is 1. The summed E-state index contributed by atoms with van der Waals surface area (Å²) in [6, 6.07) is 7.31. The number of piperidine rings is 1. The first kappa shape index (κ1) is 19.0. The first-order chi connectivity index (χ1) is 14.0. The van der Waals surface area contributed by atoms with E-state index >= 15 is 4.39 Å². The van der Waals surface area contributed by atoms with Gasteiger partial charge in [-0.05, 0) is 44.0 Å². The Kier molecular flexibility index (Phi) is 4.96. The second-order valence-electron chi connectivity index (χ2n) is 6.99. The van der Waals surface area contributed by atoms with Gasteiger partial charge in [0.1, 0.15) is 5.82 Å². The maximum absolute atomic E-state index is 15.6. The van der Waals surface area contributed by atoms with Crippen LogP contribution in [0.1, 0.15) is 24.3 Å². The molecule has 3 aromatic rings.